The minimum atomic E-state index is -3.28. The zero-order valence-corrected chi connectivity index (χ0v) is 15.7. The van der Waals surface area contributed by atoms with Crippen molar-refractivity contribution in [3.05, 3.63) is 12.2 Å². The maximum absolute atomic E-state index is 11.7. The number of aliphatic carboxylic acids is 4. The summed E-state index contributed by atoms with van der Waals surface area (Å²) < 4.78 is 8.05. The zero-order valence-electron chi connectivity index (χ0n) is 15.7. The second-order valence-electron chi connectivity index (χ2n) is 6.09. The monoisotopic (exact) mass is 464 g/mol. The molecule has 0 aromatic heterocycles. The molecule has 0 saturated heterocycles. The smallest absolute Gasteiger partial charge is 0.338 e. The molecule has 0 aromatic carbocycles. The van der Waals surface area contributed by atoms with Crippen LogP contribution in [0.2, 0.25) is 0 Å². The summed E-state index contributed by atoms with van der Waals surface area (Å²) >= 11 is 0. The Morgan fingerprint density at radius 1 is 0.594 bits per heavy atom. The van der Waals surface area contributed by atoms with Crippen molar-refractivity contribution in [2.24, 2.45) is 0 Å². The highest BCUT2D eigenvalue weighted by molar-refractivity contribution is 5.98. The molecule has 0 fully saturated rings. The van der Waals surface area contributed by atoms with Gasteiger partial charge in [0.2, 0.25) is 0 Å². The minimum absolute atomic E-state index is 0.282. The molecule has 0 radical (unpaired) electrons. The molecule has 0 bridgehead atoms. The third kappa shape index (κ3) is 9.55. The highest BCUT2D eigenvalue weighted by atomic mass is 16.6. The van der Waals surface area contributed by atoms with Crippen LogP contribution in [-0.2, 0) is 47.8 Å². The van der Waals surface area contributed by atoms with E-state index < -0.39 is 84.6 Å². The fraction of sp³-hybridized carbons (Fsp3) is 0.375. The van der Waals surface area contributed by atoms with Crippen LogP contribution in [0.1, 0.15) is 25.7 Å². The Labute approximate surface area is 176 Å². The van der Waals surface area contributed by atoms with Crippen LogP contribution in [0.25, 0.3) is 0 Å². The number of esters is 4. The first-order valence-electron chi connectivity index (χ1n) is 8.03. The van der Waals surface area contributed by atoms with Gasteiger partial charge in [-0.1, -0.05) is 0 Å². The minimum Gasteiger partial charge on any atom is -0.481 e. The van der Waals surface area contributed by atoms with Gasteiger partial charge in [0.1, 0.15) is 0 Å². The first-order valence-corrected chi connectivity index (χ1v) is 8.03. The quantitative estimate of drug-likeness (QED) is 0.0955. The molecular formula is C16H16O16. The molecule has 0 amide bonds. The van der Waals surface area contributed by atoms with Crippen molar-refractivity contribution < 1.29 is 78.5 Å². The molecule has 0 aliphatic carbocycles. The van der Waals surface area contributed by atoms with Crippen LogP contribution in [0.5, 0.6) is 0 Å². The van der Waals surface area contributed by atoms with Gasteiger partial charge < -0.3 is 40.1 Å². The molecule has 0 spiro atoms. The van der Waals surface area contributed by atoms with Gasteiger partial charge in [-0.05, 0) is 0 Å². The Balaban J connectivity index is 5.17. The Kier molecular flexibility index (Phi) is 9.80. The van der Waals surface area contributed by atoms with Gasteiger partial charge in [0, 0.05) is 12.2 Å². The maximum Gasteiger partial charge on any atom is 0.338 e. The molecule has 176 valence electrons. The molecule has 0 aliphatic heterocycles. The number of ether oxygens (including phenoxy) is 2. The summed E-state index contributed by atoms with van der Waals surface area (Å²) in [6.45, 7) is 0. The van der Waals surface area contributed by atoms with E-state index in [1.807, 2.05) is 0 Å². The van der Waals surface area contributed by atoms with Crippen molar-refractivity contribution in [1.29, 1.82) is 0 Å². The number of hydrogen-bond donors (Lipinski definition) is 6. The Morgan fingerprint density at radius 2 is 0.969 bits per heavy atom. The van der Waals surface area contributed by atoms with E-state index >= 15 is 0 Å². The molecule has 32 heavy (non-hydrogen) atoms. The lowest BCUT2D eigenvalue weighted by molar-refractivity contribution is -0.179. The van der Waals surface area contributed by atoms with Crippen LogP contribution in [0.4, 0.5) is 0 Å². The van der Waals surface area contributed by atoms with Gasteiger partial charge in [-0.3, -0.25) is 19.2 Å². The predicted molar refractivity (Wildman–Crippen MR) is 90.2 cm³/mol. The summed E-state index contributed by atoms with van der Waals surface area (Å²) in [6.07, 6.45) is -5.58. The molecular weight excluding hydrogens is 448 g/mol. The number of aliphatic hydroxyl groups is 2. The fourth-order valence-electron chi connectivity index (χ4n) is 1.91. The Bertz CT molecular complexity index is 869. The molecule has 2 atom stereocenters. The van der Waals surface area contributed by atoms with Crippen LogP contribution in [-0.4, -0.2) is 89.6 Å². The first kappa shape index (κ1) is 27.8. The molecule has 16 heteroatoms. The lowest BCUT2D eigenvalue weighted by atomic mass is 9.95. The molecule has 0 saturated carbocycles. The van der Waals surface area contributed by atoms with Crippen molar-refractivity contribution >= 4 is 47.8 Å². The summed E-state index contributed by atoms with van der Waals surface area (Å²) in [5, 5.41) is 54.4. The molecule has 0 aliphatic rings. The number of carboxylic acid groups (broad SMARTS) is 4. The maximum atomic E-state index is 11.7. The second kappa shape index (κ2) is 11.3. The zero-order chi connectivity index (χ0) is 25.3. The van der Waals surface area contributed by atoms with Crippen LogP contribution >= 0.6 is 0 Å². The third-order valence-electron chi connectivity index (χ3n) is 3.35. The summed E-state index contributed by atoms with van der Waals surface area (Å²) in [7, 11) is 0. The van der Waals surface area contributed by atoms with Gasteiger partial charge in [-0.2, -0.15) is 0 Å². The van der Waals surface area contributed by atoms with E-state index in [1.54, 1.807) is 0 Å². The molecule has 0 heterocycles. The van der Waals surface area contributed by atoms with Crippen molar-refractivity contribution in [1.82, 2.24) is 0 Å². The number of carboxylic acids is 4. The molecule has 2 unspecified atom stereocenters. The van der Waals surface area contributed by atoms with E-state index in [0.29, 0.717) is 0 Å². The van der Waals surface area contributed by atoms with Gasteiger partial charge in [0.05, 0.1) is 25.7 Å². The first-order chi connectivity index (χ1) is 14.5. The Morgan fingerprint density at radius 3 is 1.31 bits per heavy atom. The van der Waals surface area contributed by atoms with Crippen molar-refractivity contribution in [3.63, 3.8) is 0 Å². The van der Waals surface area contributed by atoms with Crippen LogP contribution in [0.3, 0.4) is 0 Å². The number of hydrogen-bond acceptors (Lipinski definition) is 12. The van der Waals surface area contributed by atoms with Crippen LogP contribution < -0.4 is 0 Å². The van der Waals surface area contributed by atoms with E-state index in [2.05, 4.69) is 9.47 Å². The van der Waals surface area contributed by atoms with Gasteiger partial charge in [-0.15, -0.1) is 0 Å². The second-order valence-corrected chi connectivity index (χ2v) is 6.09. The van der Waals surface area contributed by atoms with E-state index in [0.717, 1.165) is 0 Å². The number of carbonyl (C=O) groups is 8. The highest BCUT2D eigenvalue weighted by Gasteiger charge is 2.45. The lowest BCUT2D eigenvalue weighted by Gasteiger charge is -2.22. The van der Waals surface area contributed by atoms with Crippen LogP contribution in [0.15, 0.2) is 12.2 Å². The van der Waals surface area contributed by atoms with Gasteiger partial charge in [-0.25, -0.2) is 19.2 Å². The highest BCUT2D eigenvalue weighted by Crippen LogP contribution is 2.20. The largest absolute Gasteiger partial charge is 0.481 e. The summed E-state index contributed by atoms with van der Waals surface area (Å²) in [5.41, 5.74) is -6.45. The average Bonchev–Trinajstić information content (AvgIpc) is 2.57. The summed E-state index contributed by atoms with van der Waals surface area (Å²) in [6, 6.07) is 0. The van der Waals surface area contributed by atoms with Crippen molar-refractivity contribution in [3.8, 4) is 0 Å². The van der Waals surface area contributed by atoms with E-state index in [-0.39, 0.29) is 12.2 Å². The average molecular weight is 464 g/mol. The van der Waals surface area contributed by atoms with Crippen molar-refractivity contribution in [2.45, 2.75) is 36.9 Å². The molecule has 0 rings (SSSR count). The normalized spacial score (nSPS) is 14.4. The van der Waals surface area contributed by atoms with E-state index in [9.17, 15) is 48.6 Å². The summed E-state index contributed by atoms with van der Waals surface area (Å²) in [4.78, 5) is 89.1. The topological polar surface area (TPSA) is 276 Å². The molecule has 6 N–H and O–H groups in total. The van der Waals surface area contributed by atoms with Gasteiger partial charge in [0.15, 0.2) is 11.2 Å². The lowest BCUT2D eigenvalue weighted by Crippen LogP contribution is -2.45. The third-order valence-corrected chi connectivity index (χ3v) is 3.35. The Hall–Kier alpha value is -4.18. The van der Waals surface area contributed by atoms with E-state index in [1.165, 1.54) is 0 Å². The number of rotatable bonds is 12. The summed E-state index contributed by atoms with van der Waals surface area (Å²) in [5.74, 6) is -14.6. The molecule has 16 nitrogen and oxygen atoms in total. The van der Waals surface area contributed by atoms with Crippen molar-refractivity contribution in [2.75, 3.05) is 0 Å². The van der Waals surface area contributed by atoms with Gasteiger partial charge in [0.25, 0.3) is 0 Å². The number of carbonyl (C=O) groups excluding carboxylic acids is 4. The van der Waals surface area contributed by atoms with E-state index in [4.69, 9.17) is 20.4 Å². The van der Waals surface area contributed by atoms with Gasteiger partial charge >= 0.3 is 47.8 Å². The molecule has 0 aromatic rings. The SMILES string of the molecule is O=C(O)/C=C/C(=O)OC(=O)CC(O)(CC(=O)OC(=O)CC(O)(CC(=O)O)C(=O)O)C(=O)O. The standard InChI is InChI=1S/C16H16O16/c17-7(18)1-2-9(21)31-10(22)5-16(30,14(27)28)6-12(24)32-11(23)4-15(29,13(25)26)3-8(19)20/h1-2,29-30H,3-6H2,(H,17,18)(H,19,20)(H,25,26)(H,27,28)/b2-1+. The van der Waals surface area contributed by atoms with Crippen LogP contribution in [0, 0.1) is 0 Å². The predicted octanol–water partition coefficient (Wildman–Crippen LogP) is -2.96. The fourth-order valence-corrected chi connectivity index (χ4v) is 1.91.